The molecule has 0 saturated carbocycles. The molecule has 0 aliphatic heterocycles. The number of hydrazone groups is 1. The zero-order chi connectivity index (χ0) is 20.1. The smallest absolute Gasteiger partial charge is 0.268 e. The number of benzene rings is 2. The number of nitrogens with one attached hydrogen (secondary N) is 1. The van der Waals surface area contributed by atoms with Crippen LogP contribution in [0.1, 0.15) is 20.8 Å². The van der Waals surface area contributed by atoms with Crippen LogP contribution in [-0.4, -0.2) is 21.9 Å². The van der Waals surface area contributed by atoms with Gasteiger partial charge in [-0.1, -0.05) is 42.5 Å². The monoisotopic (exact) mass is 404 g/mol. The summed E-state index contributed by atoms with van der Waals surface area (Å²) in [4.78, 5) is 13.7. The molecule has 0 saturated heterocycles. The third kappa shape index (κ3) is 4.83. The minimum absolute atomic E-state index is 0.287. The second-order valence-electron chi connectivity index (χ2n) is 6.33. The summed E-state index contributed by atoms with van der Waals surface area (Å²) >= 11 is 1.33. The summed E-state index contributed by atoms with van der Waals surface area (Å²) in [6.07, 6.45) is 5.11. The first-order chi connectivity index (χ1) is 14.2. The molecule has 5 nitrogen and oxygen atoms in total. The summed E-state index contributed by atoms with van der Waals surface area (Å²) in [6, 6.07) is 19.8. The lowest BCUT2D eigenvalue weighted by Gasteiger charge is -2.00. The number of aromatic nitrogens is 2. The molecule has 7 heteroatoms. The van der Waals surface area contributed by atoms with E-state index >= 15 is 0 Å². The molecule has 144 valence electrons. The predicted octanol–water partition coefficient (Wildman–Crippen LogP) is 4.56. The molecule has 2 aromatic carbocycles. The van der Waals surface area contributed by atoms with Crippen LogP contribution in [0.2, 0.25) is 0 Å². The van der Waals surface area contributed by atoms with Gasteiger partial charge >= 0.3 is 0 Å². The summed E-state index contributed by atoms with van der Waals surface area (Å²) in [5, 5.41) is 8.31. The molecule has 4 aromatic rings. The Labute approximate surface area is 171 Å². The number of amides is 1. The first-order valence-corrected chi connectivity index (χ1v) is 9.74. The topological polar surface area (TPSA) is 59.3 Å². The fraction of sp³-hybridized carbons (Fsp3) is 0.0455. The highest BCUT2D eigenvalue weighted by molar-refractivity contribution is 7.17. The number of rotatable bonds is 6. The quantitative estimate of drug-likeness (QED) is 0.378. The molecule has 0 atom stereocenters. The van der Waals surface area contributed by atoms with Crippen molar-refractivity contribution in [2.75, 3.05) is 0 Å². The Morgan fingerprint density at radius 1 is 1.10 bits per heavy atom. The largest absolute Gasteiger partial charge is 0.281 e. The Hall–Kier alpha value is -3.58. The van der Waals surface area contributed by atoms with E-state index in [0.29, 0.717) is 11.4 Å². The molecule has 0 spiro atoms. The fourth-order valence-electron chi connectivity index (χ4n) is 2.75. The van der Waals surface area contributed by atoms with E-state index in [9.17, 15) is 9.18 Å². The number of hydrogen-bond donors (Lipinski definition) is 1. The summed E-state index contributed by atoms with van der Waals surface area (Å²) < 4.78 is 14.9. The van der Waals surface area contributed by atoms with E-state index in [-0.39, 0.29) is 11.7 Å². The zero-order valence-corrected chi connectivity index (χ0v) is 16.1. The first kappa shape index (κ1) is 18.8. The molecule has 0 aliphatic carbocycles. The van der Waals surface area contributed by atoms with Gasteiger partial charge in [0.15, 0.2) is 0 Å². The van der Waals surface area contributed by atoms with Gasteiger partial charge in [-0.05, 0) is 35.4 Å². The van der Waals surface area contributed by atoms with Crippen LogP contribution in [-0.2, 0) is 6.54 Å². The number of hydrogen-bond acceptors (Lipinski definition) is 4. The van der Waals surface area contributed by atoms with E-state index in [0.717, 1.165) is 21.6 Å². The Kier molecular flexibility index (Phi) is 5.58. The molecule has 1 N–H and O–H groups in total. The molecular weight excluding hydrogens is 387 g/mol. The number of nitrogens with zero attached hydrogens (tertiary/aromatic N) is 3. The highest BCUT2D eigenvalue weighted by Crippen LogP contribution is 2.28. The van der Waals surface area contributed by atoms with Crippen molar-refractivity contribution in [2.24, 2.45) is 5.10 Å². The molecule has 0 aliphatic rings. The highest BCUT2D eigenvalue weighted by atomic mass is 32.1. The average molecular weight is 404 g/mol. The second-order valence-corrected chi connectivity index (χ2v) is 7.41. The molecule has 4 rings (SSSR count). The van der Waals surface area contributed by atoms with E-state index in [1.54, 1.807) is 30.6 Å². The van der Waals surface area contributed by atoms with Crippen molar-refractivity contribution >= 4 is 23.5 Å². The van der Waals surface area contributed by atoms with E-state index in [2.05, 4.69) is 15.6 Å². The lowest BCUT2D eigenvalue weighted by atomic mass is 10.2. The molecule has 1 amide bonds. The van der Waals surface area contributed by atoms with Crippen molar-refractivity contribution in [1.82, 2.24) is 15.2 Å². The highest BCUT2D eigenvalue weighted by Gasteiger charge is 2.09. The van der Waals surface area contributed by atoms with Crippen molar-refractivity contribution < 1.29 is 9.18 Å². The predicted molar refractivity (Wildman–Crippen MR) is 113 cm³/mol. The normalized spacial score (nSPS) is 11.1. The Bertz CT molecular complexity index is 1130. The van der Waals surface area contributed by atoms with Crippen molar-refractivity contribution in [3.63, 3.8) is 0 Å². The Balaban J connectivity index is 1.35. The minimum atomic E-state index is -0.295. The lowest BCUT2D eigenvalue weighted by molar-refractivity contribution is 0.0959. The van der Waals surface area contributed by atoms with E-state index in [1.165, 1.54) is 23.5 Å². The van der Waals surface area contributed by atoms with Gasteiger partial charge in [0, 0.05) is 16.6 Å². The SMILES string of the molecule is O=C(N/N=C\c1cnn(Cc2ccccc2)c1)c1ccc(-c2ccc(F)cc2)s1. The third-order valence-electron chi connectivity index (χ3n) is 4.18. The standard InChI is InChI=1S/C22H17FN4OS/c23-19-8-6-18(7-9-19)20-10-11-21(29-20)22(28)26-24-12-17-13-25-27(15-17)14-16-4-2-1-3-5-16/h1-13,15H,14H2,(H,26,28)/b24-12-. The van der Waals surface area contributed by atoms with Crippen LogP contribution in [0.25, 0.3) is 10.4 Å². The van der Waals surface area contributed by atoms with E-state index in [1.807, 2.05) is 47.3 Å². The molecule has 29 heavy (non-hydrogen) atoms. The number of thiophene rings is 1. The third-order valence-corrected chi connectivity index (χ3v) is 5.31. The summed E-state index contributed by atoms with van der Waals surface area (Å²) in [5.74, 6) is -0.582. The summed E-state index contributed by atoms with van der Waals surface area (Å²) in [7, 11) is 0. The van der Waals surface area contributed by atoms with Gasteiger partial charge in [0.05, 0.1) is 23.8 Å². The lowest BCUT2D eigenvalue weighted by Crippen LogP contribution is -2.16. The van der Waals surface area contributed by atoms with Crippen molar-refractivity contribution in [2.45, 2.75) is 6.54 Å². The van der Waals surface area contributed by atoms with E-state index < -0.39 is 0 Å². The van der Waals surface area contributed by atoms with Gasteiger partial charge in [0.25, 0.3) is 5.91 Å². The maximum absolute atomic E-state index is 13.0. The maximum atomic E-state index is 13.0. The van der Waals surface area contributed by atoms with Crippen LogP contribution >= 0.6 is 11.3 Å². The van der Waals surface area contributed by atoms with Crippen LogP contribution in [0, 0.1) is 5.82 Å². The van der Waals surface area contributed by atoms with Gasteiger partial charge in [0.1, 0.15) is 5.82 Å². The molecule has 2 aromatic heterocycles. The number of halogens is 1. The van der Waals surface area contributed by atoms with E-state index in [4.69, 9.17) is 0 Å². The van der Waals surface area contributed by atoms with Crippen LogP contribution < -0.4 is 5.43 Å². The molecule has 2 heterocycles. The summed E-state index contributed by atoms with van der Waals surface area (Å²) in [6.45, 7) is 0.669. The molecule has 0 radical (unpaired) electrons. The van der Waals surface area contributed by atoms with Gasteiger partial charge < -0.3 is 0 Å². The van der Waals surface area contributed by atoms with Crippen molar-refractivity contribution in [1.29, 1.82) is 0 Å². The van der Waals surface area contributed by atoms with Crippen LogP contribution in [0.4, 0.5) is 4.39 Å². The molecule has 0 bridgehead atoms. The minimum Gasteiger partial charge on any atom is -0.268 e. The molecule has 0 fully saturated rings. The Morgan fingerprint density at radius 2 is 1.90 bits per heavy atom. The summed E-state index contributed by atoms with van der Waals surface area (Å²) in [5.41, 5.74) is 5.34. The van der Waals surface area contributed by atoms with Crippen LogP contribution in [0.15, 0.2) is 84.2 Å². The van der Waals surface area contributed by atoms with Gasteiger partial charge in [-0.15, -0.1) is 11.3 Å². The Morgan fingerprint density at radius 3 is 2.69 bits per heavy atom. The van der Waals surface area contributed by atoms with Crippen molar-refractivity contribution in [3.05, 3.63) is 101 Å². The average Bonchev–Trinajstić information content (AvgIpc) is 3.39. The van der Waals surface area contributed by atoms with Crippen molar-refractivity contribution in [3.8, 4) is 10.4 Å². The molecule has 0 unspecified atom stereocenters. The maximum Gasteiger partial charge on any atom is 0.281 e. The zero-order valence-electron chi connectivity index (χ0n) is 15.3. The van der Waals surface area contributed by atoms with Crippen LogP contribution in [0.3, 0.4) is 0 Å². The van der Waals surface area contributed by atoms with Gasteiger partial charge in [-0.3, -0.25) is 9.48 Å². The fourth-order valence-corrected chi connectivity index (χ4v) is 3.65. The van der Waals surface area contributed by atoms with Gasteiger partial charge in [0.2, 0.25) is 0 Å². The van der Waals surface area contributed by atoms with Gasteiger partial charge in [-0.2, -0.15) is 10.2 Å². The first-order valence-electron chi connectivity index (χ1n) is 8.93. The second kappa shape index (κ2) is 8.62. The number of carbonyl (C=O) groups is 1. The van der Waals surface area contributed by atoms with Crippen LogP contribution in [0.5, 0.6) is 0 Å². The molecular formula is C22H17FN4OS. The van der Waals surface area contributed by atoms with Gasteiger partial charge in [-0.25, -0.2) is 9.82 Å². The number of carbonyl (C=O) groups excluding carboxylic acids is 1.